The lowest BCUT2D eigenvalue weighted by Gasteiger charge is -2.35. The normalized spacial score (nSPS) is 14.9. The molecule has 4 nitrogen and oxygen atoms in total. The highest BCUT2D eigenvalue weighted by Crippen LogP contribution is 2.51. The minimum Gasteiger partial charge on any atom is -0.320 e. The molecule has 0 heterocycles. The summed E-state index contributed by atoms with van der Waals surface area (Å²) in [4.78, 5) is 10.4. The zero-order chi connectivity index (χ0) is 27.0. The SMILES string of the molecule is CCCCCCCCCCC/C=C\CCCCCCCCCCCOP(=O)(O)C(CCC)[N+](C)(C)C. The summed E-state index contributed by atoms with van der Waals surface area (Å²) in [6, 6.07) is 0. The molecule has 2 unspecified atom stereocenters. The lowest BCUT2D eigenvalue weighted by atomic mass is 10.1. The standard InChI is InChI=1S/C31H64NO3P/c1-6-8-9-10-11-12-13-14-15-16-17-18-19-20-21-22-23-24-25-26-27-28-30-35-36(33,34)31(29-7-2)32(3,4)5/h17-18,31H,6-16,19-30H2,1-5H3/p+1/b18-17-. The summed E-state index contributed by atoms with van der Waals surface area (Å²) in [5.41, 5.74) is 0. The van der Waals surface area contributed by atoms with Gasteiger partial charge < -0.3 is 13.9 Å². The molecule has 0 spiro atoms. The zero-order valence-corrected chi connectivity index (χ0v) is 26.0. The van der Waals surface area contributed by atoms with Crippen LogP contribution in [0.3, 0.4) is 0 Å². The Morgan fingerprint density at radius 1 is 0.639 bits per heavy atom. The first-order valence-corrected chi connectivity index (χ1v) is 17.3. The molecule has 0 radical (unpaired) electrons. The van der Waals surface area contributed by atoms with E-state index in [0.29, 0.717) is 17.5 Å². The molecule has 0 amide bonds. The van der Waals surface area contributed by atoms with Crippen molar-refractivity contribution in [2.75, 3.05) is 27.7 Å². The fourth-order valence-electron chi connectivity index (χ4n) is 4.94. The van der Waals surface area contributed by atoms with Gasteiger partial charge in [0.1, 0.15) is 0 Å². The van der Waals surface area contributed by atoms with Gasteiger partial charge in [-0.3, -0.25) is 4.57 Å². The van der Waals surface area contributed by atoms with Gasteiger partial charge >= 0.3 is 7.60 Å². The van der Waals surface area contributed by atoms with Crippen molar-refractivity contribution >= 4 is 7.60 Å². The summed E-state index contributed by atoms with van der Waals surface area (Å²) in [5.74, 6) is -0.335. The van der Waals surface area contributed by atoms with Crippen LogP contribution in [0.15, 0.2) is 12.2 Å². The average molecular weight is 531 g/mol. The minimum absolute atomic E-state index is 0.335. The van der Waals surface area contributed by atoms with E-state index in [-0.39, 0.29) is 5.78 Å². The number of rotatable bonds is 27. The van der Waals surface area contributed by atoms with Gasteiger partial charge in [0.15, 0.2) is 5.78 Å². The van der Waals surface area contributed by atoms with Gasteiger partial charge in [0.2, 0.25) is 0 Å². The fraction of sp³-hybridized carbons (Fsp3) is 0.935. The van der Waals surface area contributed by atoms with Gasteiger partial charge in [-0.25, -0.2) is 0 Å². The van der Waals surface area contributed by atoms with Crippen LogP contribution in [0.25, 0.3) is 0 Å². The van der Waals surface area contributed by atoms with E-state index < -0.39 is 7.60 Å². The Morgan fingerprint density at radius 2 is 1.03 bits per heavy atom. The molecule has 36 heavy (non-hydrogen) atoms. The van der Waals surface area contributed by atoms with Gasteiger partial charge in [-0.15, -0.1) is 0 Å². The van der Waals surface area contributed by atoms with Crippen molar-refractivity contribution in [3.05, 3.63) is 12.2 Å². The number of hydrogen-bond donors (Lipinski definition) is 1. The third kappa shape index (κ3) is 21.9. The van der Waals surface area contributed by atoms with E-state index in [1.165, 1.54) is 116 Å². The maximum absolute atomic E-state index is 12.7. The fourth-order valence-corrected chi connectivity index (χ4v) is 6.96. The number of nitrogens with zero attached hydrogens (tertiary/aromatic N) is 1. The van der Waals surface area contributed by atoms with Gasteiger partial charge in [0, 0.05) is 6.42 Å². The Kier molecular flexibility index (Phi) is 23.8. The second-order valence-electron chi connectivity index (χ2n) is 11.8. The van der Waals surface area contributed by atoms with Crippen LogP contribution in [0.4, 0.5) is 0 Å². The van der Waals surface area contributed by atoms with Crippen LogP contribution >= 0.6 is 7.60 Å². The van der Waals surface area contributed by atoms with Crippen LogP contribution in [-0.4, -0.2) is 42.9 Å². The average Bonchev–Trinajstić information content (AvgIpc) is 2.82. The quantitative estimate of drug-likeness (QED) is 0.0497. The van der Waals surface area contributed by atoms with Crippen LogP contribution in [0.1, 0.15) is 155 Å². The molecule has 216 valence electrons. The highest BCUT2D eigenvalue weighted by atomic mass is 31.2. The Morgan fingerprint density at radius 3 is 1.42 bits per heavy atom. The van der Waals surface area contributed by atoms with Crippen molar-refractivity contribution in [2.24, 2.45) is 0 Å². The molecule has 2 atom stereocenters. The molecule has 0 fully saturated rings. The molecular formula is C31H65NO3P+. The Labute approximate surface area is 226 Å². The summed E-state index contributed by atoms with van der Waals surface area (Å²) in [6.07, 6.45) is 32.8. The molecule has 0 saturated heterocycles. The lowest BCUT2D eigenvalue weighted by Crippen LogP contribution is -2.45. The van der Waals surface area contributed by atoms with Crippen LogP contribution in [0, 0.1) is 0 Å². The number of quaternary nitrogens is 1. The van der Waals surface area contributed by atoms with E-state index in [0.717, 1.165) is 19.3 Å². The first-order valence-electron chi connectivity index (χ1n) is 15.7. The summed E-state index contributed by atoms with van der Waals surface area (Å²) in [7, 11) is 2.35. The van der Waals surface area contributed by atoms with Crippen LogP contribution < -0.4 is 0 Å². The molecule has 0 aromatic rings. The van der Waals surface area contributed by atoms with Crippen molar-refractivity contribution < 1.29 is 18.5 Å². The van der Waals surface area contributed by atoms with Gasteiger partial charge in [-0.05, 0) is 38.5 Å². The van der Waals surface area contributed by atoms with E-state index in [9.17, 15) is 9.46 Å². The smallest absolute Gasteiger partial charge is 0.320 e. The van der Waals surface area contributed by atoms with Crippen molar-refractivity contribution in [3.8, 4) is 0 Å². The Balaban J connectivity index is 3.45. The summed E-state index contributed by atoms with van der Waals surface area (Å²) in [6.45, 7) is 4.74. The first kappa shape index (κ1) is 35.9. The summed E-state index contributed by atoms with van der Waals surface area (Å²) < 4.78 is 18.7. The van der Waals surface area contributed by atoms with Gasteiger partial charge in [-0.1, -0.05) is 122 Å². The number of unbranched alkanes of at least 4 members (excludes halogenated alkanes) is 18. The Bertz CT molecular complexity index is 544. The van der Waals surface area contributed by atoms with E-state index in [4.69, 9.17) is 4.52 Å². The maximum Gasteiger partial charge on any atom is 0.385 e. The molecule has 0 aromatic carbocycles. The molecule has 0 rings (SSSR count). The molecule has 0 aromatic heterocycles. The van der Waals surface area contributed by atoms with Crippen LogP contribution in [-0.2, 0) is 9.09 Å². The predicted molar refractivity (Wildman–Crippen MR) is 160 cm³/mol. The van der Waals surface area contributed by atoms with Crippen molar-refractivity contribution in [3.63, 3.8) is 0 Å². The predicted octanol–water partition coefficient (Wildman–Crippen LogP) is 10.4. The number of allylic oxidation sites excluding steroid dienone is 2. The molecule has 0 bridgehead atoms. The van der Waals surface area contributed by atoms with E-state index in [1.807, 2.05) is 21.1 Å². The topological polar surface area (TPSA) is 46.5 Å². The van der Waals surface area contributed by atoms with E-state index >= 15 is 0 Å². The van der Waals surface area contributed by atoms with Crippen molar-refractivity contribution in [1.29, 1.82) is 0 Å². The van der Waals surface area contributed by atoms with Crippen LogP contribution in [0.2, 0.25) is 0 Å². The minimum atomic E-state index is -3.57. The summed E-state index contributed by atoms with van der Waals surface area (Å²) in [5, 5.41) is 0. The van der Waals surface area contributed by atoms with Gasteiger partial charge in [-0.2, -0.15) is 0 Å². The molecular weight excluding hydrogens is 465 g/mol. The Hall–Kier alpha value is -0.150. The van der Waals surface area contributed by atoms with Crippen molar-refractivity contribution in [2.45, 2.75) is 161 Å². The van der Waals surface area contributed by atoms with Gasteiger partial charge in [0.05, 0.1) is 27.7 Å². The molecule has 1 N–H and O–H groups in total. The number of hydrogen-bond acceptors (Lipinski definition) is 2. The second-order valence-corrected chi connectivity index (χ2v) is 13.8. The highest BCUT2D eigenvalue weighted by molar-refractivity contribution is 7.53. The molecule has 0 saturated carbocycles. The van der Waals surface area contributed by atoms with Crippen LogP contribution in [0.5, 0.6) is 0 Å². The molecule has 5 heteroatoms. The molecule has 0 aliphatic rings. The van der Waals surface area contributed by atoms with Gasteiger partial charge in [0.25, 0.3) is 0 Å². The first-order chi connectivity index (χ1) is 17.3. The monoisotopic (exact) mass is 530 g/mol. The summed E-state index contributed by atoms with van der Waals surface area (Å²) >= 11 is 0. The van der Waals surface area contributed by atoms with E-state index in [1.54, 1.807) is 0 Å². The maximum atomic E-state index is 12.7. The zero-order valence-electron chi connectivity index (χ0n) is 25.2. The largest absolute Gasteiger partial charge is 0.385 e. The third-order valence-corrected chi connectivity index (χ3v) is 9.51. The molecule has 0 aliphatic heterocycles. The lowest BCUT2D eigenvalue weighted by molar-refractivity contribution is -0.883. The third-order valence-electron chi connectivity index (χ3n) is 7.25. The highest BCUT2D eigenvalue weighted by Gasteiger charge is 2.41. The molecule has 0 aliphatic carbocycles. The van der Waals surface area contributed by atoms with E-state index in [2.05, 4.69) is 26.0 Å². The van der Waals surface area contributed by atoms with Crippen molar-refractivity contribution in [1.82, 2.24) is 0 Å². The second kappa shape index (κ2) is 23.9.